The van der Waals surface area contributed by atoms with Crippen molar-refractivity contribution in [2.24, 2.45) is 0 Å². The molecule has 0 fully saturated rings. The second-order valence-corrected chi connectivity index (χ2v) is 8.31. The topological polar surface area (TPSA) is 78.5 Å². The van der Waals surface area contributed by atoms with Crippen LogP contribution in [0.1, 0.15) is 29.3 Å². The monoisotopic (exact) mass is 425 g/mol. The van der Waals surface area contributed by atoms with Crippen molar-refractivity contribution in [2.75, 3.05) is 31.0 Å². The third-order valence-electron chi connectivity index (χ3n) is 4.17. The fourth-order valence-corrected chi connectivity index (χ4v) is 3.76. The van der Waals surface area contributed by atoms with Gasteiger partial charge in [-0.3, -0.25) is 9.10 Å². The zero-order valence-electron chi connectivity index (χ0n) is 16.4. The molecule has 0 aliphatic heterocycles. The van der Waals surface area contributed by atoms with Crippen LogP contribution in [0.25, 0.3) is 0 Å². The lowest BCUT2D eigenvalue weighted by Crippen LogP contribution is -2.32. The minimum atomic E-state index is -3.75. The minimum absolute atomic E-state index is 0. The molecule has 1 amide bonds. The van der Waals surface area contributed by atoms with Crippen LogP contribution in [-0.4, -0.2) is 41.0 Å². The summed E-state index contributed by atoms with van der Waals surface area (Å²) in [6.45, 7) is 6.07. The van der Waals surface area contributed by atoms with Gasteiger partial charge in [0.05, 0.1) is 10.6 Å². The van der Waals surface area contributed by atoms with E-state index in [9.17, 15) is 13.2 Å². The normalized spacial score (nSPS) is 10.8. The van der Waals surface area contributed by atoms with Crippen molar-refractivity contribution in [3.8, 4) is 0 Å². The maximum absolute atomic E-state index is 12.9. The Hall–Kier alpha value is -2.09. The Morgan fingerprint density at radius 1 is 1.04 bits per heavy atom. The molecule has 0 atom stereocenters. The lowest BCUT2D eigenvalue weighted by atomic mass is 10.2. The summed E-state index contributed by atoms with van der Waals surface area (Å²) in [6, 6.07) is 13.3. The summed E-state index contributed by atoms with van der Waals surface area (Å²) in [7, 11) is -2.25. The van der Waals surface area contributed by atoms with E-state index >= 15 is 0 Å². The zero-order chi connectivity index (χ0) is 19.9. The number of carbonyl (C=O) groups is 1. The molecule has 8 heteroatoms. The maximum atomic E-state index is 12.9. The van der Waals surface area contributed by atoms with Gasteiger partial charge in [-0.1, -0.05) is 30.7 Å². The van der Waals surface area contributed by atoms with E-state index in [1.54, 1.807) is 24.3 Å². The van der Waals surface area contributed by atoms with Crippen LogP contribution in [0.15, 0.2) is 53.4 Å². The molecule has 0 aliphatic rings. The van der Waals surface area contributed by atoms with Crippen molar-refractivity contribution >= 4 is 34.0 Å². The predicted molar refractivity (Wildman–Crippen MR) is 116 cm³/mol. The van der Waals surface area contributed by atoms with Crippen molar-refractivity contribution in [2.45, 2.75) is 25.2 Å². The van der Waals surface area contributed by atoms with Gasteiger partial charge in [0.2, 0.25) is 0 Å². The van der Waals surface area contributed by atoms with E-state index in [4.69, 9.17) is 0 Å². The second-order valence-electron chi connectivity index (χ2n) is 6.34. The highest BCUT2D eigenvalue weighted by molar-refractivity contribution is 7.92. The highest BCUT2D eigenvalue weighted by Crippen LogP contribution is 2.23. The highest BCUT2D eigenvalue weighted by Gasteiger charge is 2.22. The Morgan fingerprint density at radius 3 is 2.36 bits per heavy atom. The number of benzene rings is 2. The highest BCUT2D eigenvalue weighted by atomic mass is 35.5. The Bertz CT molecular complexity index is 871. The van der Waals surface area contributed by atoms with E-state index in [-0.39, 0.29) is 23.2 Å². The molecule has 0 aliphatic carbocycles. The van der Waals surface area contributed by atoms with E-state index in [2.05, 4.69) is 17.6 Å². The van der Waals surface area contributed by atoms with E-state index in [1.807, 2.05) is 19.1 Å². The first kappa shape index (κ1) is 23.9. The average Bonchev–Trinajstić information content (AvgIpc) is 2.67. The van der Waals surface area contributed by atoms with Crippen molar-refractivity contribution in [1.29, 1.82) is 0 Å². The fourth-order valence-electron chi connectivity index (χ4n) is 2.52. The van der Waals surface area contributed by atoms with Gasteiger partial charge >= 0.3 is 0 Å². The third-order valence-corrected chi connectivity index (χ3v) is 5.95. The number of nitrogens with one attached hydrogen (secondary N) is 2. The summed E-state index contributed by atoms with van der Waals surface area (Å²) < 4.78 is 27.0. The van der Waals surface area contributed by atoms with Crippen LogP contribution in [0, 0.1) is 6.92 Å². The molecular weight excluding hydrogens is 398 g/mol. The third kappa shape index (κ3) is 6.22. The first-order valence-corrected chi connectivity index (χ1v) is 10.4. The largest absolute Gasteiger partial charge is 0.351 e. The maximum Gasteiger partial charge on any atom is 0.264 e. The minimum Gasteiger partial charge on any atom is -0.351 e. The van der Waals surface area contributed by atoms with E-state index < -0.39 is 10.0 Å². The number of hydrogen-bond donors (Lipinski definition) is 2. The summed E-state index contributed by atoms with van der Waals surface area (Å²) in [5.74, 6) is -0.289. The molecule has 0 saturated carbocycles. The van der Waals surface area contributed by atoms with Crippen molar-refractivity contribution in [1.82, 2.24) is 10.6 Å². The molecule has 0 spiro atoms. The number of sulfonamides is 1. The van der Waals surface area contributed by atoms with Gasteiger partial charge in [-0.15, -0.1) is 12.4 Å². The fraction of sp³-hybridized carbons (Fsp3) is 0.350. The van der Waals surface area contributed by atoms with E-state index in [0.29, 0.717) is 24.3 Å². The standard InChI is InChI=1S/C20H27N3O3S.ClH/c1-4-12-21-13-14-22-20(24)17-6-5-7-19(15-17)27(25,26)23(3)18-10-8-16(2)9-11-18;/h5-11,15,21H,4,12-14H2,1-3H3,(H,22,24);1H. The van der Waals surface area contributed by atoms with Crippen LogP contribution >= 0.6 is 12.4 Å². The molecule has 2 N–H and O–H groups in total. The molecule has 0 unspecified atom stereocenters. The number of halogens is 1. The van der Waals surface area contributed by atoms with Crippen LogP contribution < -0.4 is 14.9 Å². The average molecular weight is 426 g/mol. The summed E-state index contributed by atoms with van der Waals surface area (Å²) in [4.78, 5) is 12.4. The number of amides is 1. The number of rotatable bonds is 9. The number of hydrogen-bond acceptors (Lipinski definition) is 4. The molecule has 0 saturated heterocycles. The molecule has 28 heavy (non-hydrogen) atoms. The molecule has 154 valence electrons. The number of carbonyl (C=O) groups excluding carboxylic acids is 1. The summed E-state index contributed by atoms with van der Waals surface area (Å²) in [6.07, 6.45) is 1.03. The molecule has 2 aromatic carbocycles. The van der Waals surface area contributed by atoms with Gasteiger partial charge in [-0.25, -0.2) is 8.42 Å². The lowest BCUT2D eigenvalue weighted by Gasteiger charge is -2.20. The van der Waals surface area contributed by atoms with Crippen LogP contribution in [-0.2, 0) is 10.0 Å². The molecule has 0 heterocycles. The zero-order valence-corrected chi connectivity index (χ0v) is 18.1. The smallest absolute Gasteiger partial charge is 0.264 e. The van der Waals surface area contributed by atoms with Gasteiger partial charge in [0.15, 0.2) is 0 Å². The molecule has 0 aromatic heterocycles. The van der Waals surface area contributed by atoms with Crippen LogP contribution in [0.5, 0.6) is 0 Å². The van der Waals surface area contributed by atoms with Crippen LogP contribution in [0.4, 0.5) is 5.69 Å². The van der Waals surface area contributed by atoms with Gasteiger partial charge < -0.3 is 10.6 Å². The number of aryl methyl sites for hydroxylation is 1. The predicted octanol–water partition coefficient (Wildman–Crippen LogP) is 2.97. The van der Waals surface area contributed by atoms with Crippen LogP contribution in [0.2, 0.25) is 0 Å². The quantitative estimate of drug-likeness (QED) is 0.605. The molecule has 0 radical (unpaired) electrons. The first-order valence-electron chi connectivity index (χ1n) is 9.01. The summed E-state index contributed by atoms with van der Waals surface area (Å²) in [5.41, 5.74) is 1.94. The van der Waals surface area contributed by atoms with Crippen molar-refractivity contribution in [3.05, 3.63) is 59.7 Å². The molecule has 2 rings (SSSR count). The molecule has 0 bridgehead atoms. The first-order chi connectivity index (χ1) is 12.9. The summed E-state index contributed by atoms with van der Waals surface area (Å²) in [5, 5.41) is 5.99. The van der Waals surface area contributed by atoms with Gasteiger partial charge in [-0.2, -0.15) is 0 Å². The van der Waals surface area contributed by atoms with Gasteiger partial charge in [0.1, 0.15) is 0 Å². The lowest BCUT2D eigenvalue weighted by molar-refractivity contribution is 0.0953. The van der Waals surface area contributed by atoms with Gasteiger partial charge in [-0.05, 0) is 50.2 Å². The van der Waals surface area contributed by atoms with Crippen LogP contribution in [0.3, 0.4) is 0 Å². The van der Waals surface area contributed by atoms with Crippen molar-refractivity contribution < 1.29 is 13.2 Å². The Morgan fingerprint density at radius 2 is 1.71 bits per heavy atom. The van der Waals surface area contributed by atoms with Gasteiger partial charge in [0.25, 0.3) is 15.9 Å². The van der Waals surface area contributed by atoms with Gasteiger partial charge in [0, 0.05) is 25.7 Å². The molecule has 2 aromatic rings. The number of nitrogens with zero attached hydrogens (tertiary/aromatic N) is 1. The molecule has 6 nitrogen and oxygen atoms in total. The SMILES string of the molecule is CCCNCCNC(=O)c1cccc(S(=O)(=O)N(C)c2ccc(C)cc2)c1.Cl. The van der Waals surface area contributed by atoms with E-state index in [0.717, 1.165) is 18.5 Å². The Labute approximate surface area is 173 Å². The molecular formula is C20H28ClN3O3S. The number of anilines is 1. The second kappa shape index (κ2) is 11.0. The Kier molecular flexibility index (Phi) is 9.45. The summed E-state index contributed by atoms with van der Waals surface area (Å²) >= 11 is 0. The Balaban J connectivity index is 0.00000392. The van der Waals surface area contributed by atoms with Crippen molar-refractivity contribution in [3.63, 3.8) is 0 Å². The van der Waals surface area contributed by atoms with E-state index in [1.165, 1.54) is 23.5 Å².